The number of piperidine rings is 1. The summed E-state index contributed by atoms with van der Waals surface area (Å²) in [7, 11) is -3.58. The molecule has 8 heteroatoms. The van der Waals surface area contributed by atoms with Crippen molar-refractivity contribution in [2.24, 2.45) is 5.92 Å². The Labute approximate surface area is 189 Å². The van der Waals surface area contributed by atoms with E-state index in [1.54, 1.807) is 34.1 Å². The normalized spacial score (nSPS) is 20.1. The largest absolute Gasteiger partial charge is 0.342 e. The smallest absolute Gasteiger partial charge is 0.240 e. The highest BCUT2D eigenvalue weighted by molar-refractivity contribution is 7.89. The summed E-state index contributed by atoms with van der Waals surface area (Å²) in [5.74, 6) is -0.412. The number of sulfonamides is 1. The van der Waals surface area contributed by atoms with Gasteiger partial charge in [0.1, 0.15) is 0 Å². The average molecular weight is 456 g/mol. The minimum atomic E-state index is -3.58. The number of nitrogens with one attached hydrogen (secondary N) is 1. The second kappa shape index (κ2) is 9.03. The average Bonchev–Trinajstić information content (AvgIpc) is 3.16. The van der Waals surface area contributed by atoms with Crippen LogP contribution >= 0.6 is 0 Å². The first-order valence-corrected chi connectivity index (χ1v) is 12.5. The second-order valence-corrected chi connectivity index (χ2v) is 10.5. The predicted octanol–water partition coefficient (Wildman–Crippen LogP) is 2.63. The number of hydrogen-bond donors (Lipinski definition) is 1. The molecule has 2 amide bonds. The van der Waals surface area contributed by atoms with Gasteiger partial charge in [-0.1, -0.05) is 35.4 Å². The zero-order valence-corrected chi connectivity index (χ0v) is 19.3. The molecule has 2 aliphatic heterocycles. The fraction of sp³-hybridized carbons (Fsp3) is 0.417. The van der Waals surface area contributed by atoms with Gasteiger partial charge in [0.05, 0.1) is 10.8 Å². The van der Waals surface area contributed by atoms with E-state index in [0.717, 1.165) is 16.8 Å². The third-order valence-electron chi connectivity index (χ3n) is 6.28. The van der Waals surface area contributed by atoms with Crippen LogP contribution < -0.4 is 9.62 Å². The van der Waals surface area contributed by atoms with Crippen LogP contribution in [0.4, 0.5) is 5.69 Å². The van der Waals surface area contributed by atoms with E-state index < -0.39 is 10.0 Å². The number of nitrogens with zero attached hydrogens (tertiary/aromatic N) is 2. The SMILES string of the molecule is Cc1ccc(N2CC(C(=O)N3CCC(NS(=O)(=O)c4ccc(C)cc4)CC3)CC2=O)cc1. The molecule has 1 atom stereocenters. The molecule has 2 aliphatic rings. The lowest BCUT2D eigenvalue weighted by atomic mass is 10.0. The third kappa shape index (κ3) is 4.86. The molecule has 32 heavy (non-hydrogen) atoms. The number of amides is 2. The lowest BCUT2D eigenvalue weighted by Gasteiger charge is -2.33. The summed E-state index contributed by atoms with van der Waals surface area (Å²) in [6.45, 7) is 5.26. The summed E-state index contributed by atoms with van der Waals surface area (Å²) in [6.07, 6.45) is 1.32. The Morgan fingerprint density at radius 2 is 1.50 bits per heavy atom. The van der Waals surface area contributed by atoms with Gasteiger partial charge in [-0.25, -0.2) is 13.1 Å². The number of anilines is 1. The van der Waals surface area contributed by atoms with E-state index in [2.05, 4.69) is 4.72 Å². The molecule has 0 aromatic heterocycles. The van der Waals surface area contributed by atoms with E-state index in [0.29, 0.717) is 32.5 Å². The van der Waals surface area contributed by atoms with Gasteiger partial charge in [0.25, 0.3) is 0 Å². The van der Waals surface area contributed by atoms with E-state index in [-0.39, 0.29) is 35.1 Å². The highest BCUT2D eigenvalue weighted by Gasteiger charge is 2.38. The van der Waals surface area contributed by atoms with Crippen molar-refractivity contribution in [1.29, 1.82) is 0 Å². The lowest BCUT2D eigenvalue weighted by Crippen LogP contribution is -2.48. The first kappa shape index (κ1) is 22.5. The molecular formula is C24H29N3O4S. The number of benzene rings is 2. The molecule has 0 radical (unpaired) electrons. The Morgan fingerprint density at radius 3 is 2.09 bits per heavy atom. The van der Waals surface area contributed by atoms with Gasteiger partial charge in [-0.2, -0.15) is 0 Å². The molecule has 7 nitrogen and oxygen atoms in total. The van der Waals surface area contributed by atoms with E-state index in [1.807, 2.05) is 38.1 Å². The van der Waals surface area contributed by atoms with Gasteiger partial charge in [-0.15, -0.1) is 0 Å². The number of aryl methyl sites for hydroxylation is 2. The standard InChI is InChI=1S/C24H29N3O4S/c1-17-3-7-21(8-4-17)27-16-19(15-23(27)28)24(29)26-13-11-20(12-14-26)25-32(30,31)22-9-5-18(2)6-10-22/h3-10,19-20,25H,11-16H2,1-2H3. The predicted molar refractivity (Wildman–Crippen MR) is 123 cm³/mol. The van der Waals surface area contributed by atoms with Crippen molar-refractivity contribution in [2.75, 3.05) is 24.5 Å². The Hall–Kier alpha value is -2.71. The van der Waals surface area contributed by atoms with E-state index >= 15 is 0 Å². The van der Waals surface area contributed by atoms with Gasteiger partial charge < -0.3 is 9.80 Å². The van der Waals surface area contributed by atoms with Crippen molar-refractivity contribution in [1.82, 2.24) is 9.62 Å². The molecule has 2 saturated heterocycles. The van der Waals surface area contributed by atoms with Gasteiger partial charge in [0.2, 0.25) is 21.8 Å². The Kier molecular flexibility index (Phi) is 6.35. The summed E-state index contributed by atoms with van der Waals surface area (Å²) in [4.78, 5) is 29.2. The summed E-state index contributed by atoms with van der Waals surface area (Å²) < 4.78 is 28.0. The molecule has 0 spiro atoms. The van der Waals surface area contributed by atoms with Gasteiger partial charge in [-0.3, -0.25) is 9.59 Å². The van der Waals surface area contributed by atoms with Crippen LogP contribution in [0, 0.1) is 19.8 Å². The van der Waals surface area contributed by atoms with Crippen molar-refractivity contribution in [3.05, 3.63) is 59.7 Å². The maximum Gasteiger partial charge on any atom is 0.240 e. The highest BCUT2D eigenvalue weighted by Crippen LogP contribution is 2.27. The maximum atomic E-state index is 13.0. The maximum absolute atomic E-state index is 13.0. The minimum Gasteiger partial charge on any atom is -0.342 e. The molecule has 1 N–H and O–H groups in total. The minimum absolute atomic E-state index is 0.0206. The van der Waals surface area contributed by atoms with Gasteiger partial charge in [0, 0.05) is 37.8 Å². The number of likely N-dealkylation sites (tertiary alicyclic amines) is 1. The molecule has 0 saturated carbocycles. The number of rotatable bonds is 5. The second-order valence-electron chi connectivity index (χ2n) is 8.77. The van der Waals surface area contributed by atoms with Crippen molar-refractivity contribution < 1.29 is 18.0 Å². The van der Waals surface area contributed by atoms with Crippen molar-refractivity contribution in [2.45, 2.75) is 44.0 Å². The molecule has 4 rings (SSSR count). The third-order valence-corrected chi connectivity index (χ3v) is 7.82. The molecule has 2 fully saturated rings. The zero-order valence-electron chi connectivity index (χ0n) is 18.5. The number of carbonyl (C=O) groups excluding carboxylic acids is 2. The summed E-state index contributed by atoms with van der Waals surface area (Å²) >= 11 is 0. The molecular weight excluding hydrogens is 426 g/mol. The van der Waals surface area contributed by atoms with E-state index in [4.69, 9.17) is 0 Å². The van der Waals surface area contributed by atoms with Gasteiger partial charge in [-0.05, 0) is 51.0 Å². The van der Waals surface area contributed by atoms with Crippen molar-refractivity contribution >= 4 is 27.5 Å². The van der Waals surface area contributed by atoms with Crippen LogP contribution in [0.2, 0.25) is 0 Å². The topological polar surface area (TPSA) is 86.8 Å². The first-order chi connectivity index (χ1) is 15.2. The monoisotopic (exact) mass is 455 g/mol. The van der Waals surface area contributed by atoms with Crippen molar-refractivity contribution in [3.8, 4) is 0 Å². The fourth-order valence-electron chi connectivity index (χ4n) is 4.33. The van der Waals surface area contributed by atoms with Gasteiger partial charge in [0.15, 0.2) is 0 Å². The molecule has 2 heterocycles. The van der Waals surface area contributed by atoms with E-state index in [9.17, 15) is 18.0 Å². The van der Waals surface area contributed by atoms with Crippen LogP contribution in [0.3, 0.4) is 0 Å². The van der Waals surface area contributed by atoms with Crippen LogP contribution in [0.25, 0.3) is 0 Å². The number of hydrogen-bond acceptors (Lipinski definition) is 4. The zero-order chi connectivity index (χ0) is 22.9. The van der Waals surface area contributed by atoms with Crippen LogP contribution in [0.1, 0.15) is 30.4 Å². The quantitative estimate of drug-likeness (QED) is 0.751. The Bertz CT molecular complexity index is 1090. The molecule has 1 unspecified atom stereocenters. The highest BCUT2D eigenvalue weighted by atomic mass is 32.2. The molecule has 2 aromatic carbocycles. The van der Waals surface area contributed by atoms with Crippen LogP contribution in [-0.4, -0.2) is 50.8 Å². The van der Waals surface area contributed by atoms with Gasteiger partial charge >= 0.3 is 0 Å². The van der Waals surface area contributed by atoms with Crippen LogP contribution in [0.5, 0.6) is 0 Å². The van der Waals surface area contributed by atoms with Crippen LogP contribution in [-0.2, 0) is 19.6 Å². The van der Waals surface area contributed by atoms with Crippen molar-refractivity contribution in [3.63, 3.8) is 0 Å². The summed E-state index contributed by atoms with van der Waals surface area (Å²) in [5, 5.41) is 0. The molecule has 170 valence electrons. The molecule has 0 bridgehead atoms. The van der Waals surface area contributed by atoms with E-state index in [1.165, 1.54) is 0 Å². The Morgan fingerprint density at radius 1 is 0.938 bits per heavy atom. The first-order valence-electron chi connectivity index (χ1n) is 11.0. The fourth-order valence-corrected chi connectivity index (χ4v) is 5.63. The molecule has 2 aromatic rings. The summed E-state index contributed by atoms with van der Waals surface area (Å²) in [5.41, 5.74) is 2.94. The Balaban J connectivity index is 1.32. The van der Waals surface area contributed by atoms with Crippen LogP contribution in [0.15, 0.2) is 53.4 Å². The summed E-state index contributed by atoms with van der Waals surface area (Å²) in [6, 6.07) is 14.3. The number of carbonyl (C=O) groups is 2. The lowest BCUT2D eigenvalue weighted by molar-refractivity contribution is -0.136. The molecule has 0 aliphatic carbocycles.